The average Bonchev–Trinajstić information content (AvgIpc) is 2.65. The number of amides is 1. The monoisotopic (exact) mass is 373 g/mol. The molecule has 0 aliphatic rings. The highest BCUT2D eigenvalue weighted by atomic mass is 19.4. The summed E-state index contributed by atoms with van der Waals surface area (Å²) >= 11 is 0. The van der Waals surface area contributed by atoms with Crippen LogP contribution in [-0.2, 0) is 6.18 Å². The van der Waals surface area contributed by atoms with Crippen molar-refractivity contribution < 1.29 is 18.0 Å². The van der Waals surface area contributed by atoms with Crippen LogP contribution in [0.15, 0.2) is 47.8 Å². The Morgan fingerprint density at radius 2 is 2.00 bits per heavy atom. The van der Waals surface area contributed by atoms with Crippen LogP contribution in [0.5, 0.6) is 0 Å². The molecule has 7 heteroatoms. The molecule has 0 saturated heterocycles. The predicted octanol–water partition coefficient (Wildman–Crippen LogP) is 4.41. The van der Waals surface area contributed by atoms with E-state index in [1.807, 2.05) is 0 Å². The third-order valence-electron chi connectivity index (χ3n) is 3.51. The second-order valence-corrected chi connectivity index (χ2v) is 5.69. The first kappa shape index (κ1) is 20.2. The van der Waals surface area contributed by atoms with Crippen molar-refractivity contribution in [1.82, 2.24) is 10.4 Å². The van der Waals surface area contributed by atoms with E-state index in [1.54, 1.807) is 12.3 Å². The van der Waals surface area contributed by atoms with Gasteiger partial charge in [-0.15, -0.1) is 0 Å². The minimum atomic E-state index is -4.39. The maximum atomic E-state index is 12.5. The first-order valence-corrected chi connectivity index (χ1v) is 8.34. The summed E-state index contributed by atoms with van der Waals surface area (Å²) in [5, 5.41) is 3.76. The number of hydrazone groups is 1. The van der Waals surface area contributed by atoms with E-state index in [0.717, 1.165) is 31.4 Å². The lowest BCUT2D eigenvalue weighted by molar-refractivity contribution is -0.137. The molecule has 1 aromatic carbocycles. The van der Waals surface area contributed by atoms with E-state index in [9.17, 15) is 18.0 Å². The Kier molecular flexibility index (Phi) is 7.12. The first-order valence-electron chi connectivity index (χ1n) is 8.34. The zero-order chi connectivity index (χ0) is 19.7. The molecule has 2 aromatic rings. The molecule has 0 aliphatic carbocycles. The number of alkyl halides is 3. The number of carbonyl (C=O) groups excluding carboxylic acids is 1. The fourth-order valence-electron chi connectivity index (χ4n) is 2.05. The third-order valence-corrected chi connectivity index (χ3v) is 3.51. The molecular weight excluding hydrogens is 355 g/mol. The Balaban J connectivity index is 1.97. The molecule has 0 bridgehead atoms. The SMILES string of the molecule is CCCCC#Cc1cncc(C(=O)N/N=C/c2ccc(C(F)(F)F)cc2)c1. The number of benzene rings is 1. The molecule has 140 valence electrons. The molecular formula is C20H18F3N3O. The molecule has 0 atom stereocenters. The van der Waals surface area contributed by atoms with Gasteiger partial charge in [0.25, 0.3) is 5.91 Å². The van der Waals surface area contributed by atoms with Crippen LogP contribution in [0.3, 0.4) is 0 Å². The average molecular weight is 373 g/mol. The van der Waals surface area contributed by atoms with Crippen molar-refractivity contribution in [2.75, 3.05) is 0 Å². The lowest BCUT2D eigenvalue weighted by atomic mass is 10.1. The Labute approximate surface area is 155 Å². The second kappa shape index (κ2) is 9.53. The number of aromatic nitrogens is 1. The Bertz CT molecular complexity index is 863. The van der Waals surface area contributed by atoms with Crippen molar-refractivity contribution in [2.24, 2.45) is 5.10 Å². The lowest BCUT2D eigenvalue weighted by Crippen LogP contribution is -2.18. The van der Waals surface area contributed by atoms with Crippen molar-refractivity contribution in [2.45, 2.75) is 32.4 Å². The molecule has 27 heavy (non-hydrogen) atoms. The maximum Gasteiger partial charge on any atom is 0.416 e. The summed E-state index contributed by atoms with van der Waals surface area (Å²) in [6, 6.07) is 6.05. The van der Waals surface area contributed by atoms with E-state index in [-0.39, 0.29) is 0 Å². The molecule has 4 nitrogen and oxygen atoms in total. The summed E-state index contributed by atoms with van der Waals surface area (Å²) < 4.78 is 37.5. The summed E-state index contributed by atoms with van der Waals surface area (Å²) in [6.45, 7) is 2.08. The molecule has 1 aromatic heterocycles. The zero-order valence-corrected chi connectivity index (χ0v) is 14.7. The van der Waals surface area contributed by atoms with Crippen LogP contribution in [0, 0.1) is 11.8 Å². The van der Waals surface area contributed by atoms with Crippen molar-refractivity contribution >= 4 is 12.1 Å². The highest BCUT2D eigenvalue weighted by Crippen LogP contribution is 2.28. The van der Waals surface area contributed by atoms with Crippen LogP contribution in [-0.4, -0.2) is 17.1 Å². The normalized spacial score (nSPS) is 11.1. The van der Waals surface area contributed by atoms with Crippen LogP contribution >= 0.6 is 0 Å². The standard InChI is InChI=1S/C20H18F3N3O/c1-2-3-4-5-6-16-11-17(14-24-12-16)19(27)26-25-13-15-7-9-18(10-8-15)20(21,22)23/h7-14H,2-4H2,1H3,(H,26,27)/b25-13+. The number of halogens is 3. The van der Waals surface area contributed by atoms with E-state index in [2.05, 4.69) is 34.3 Å². The van der Waals surface area contributed by atoms with Gasteiger partial charge in [-0.05, 0) is 30.2 Å². The Morgan fingerprint density at radius 1 is 1.26 bits per heavy atom. The van der Waals surface area contributed by atoms with Crippen LogP contribution < -0.4 is 5.43 Å². The van der Waals surface area contributed by atoms with E-state index in [1.165, 1.54) is 24.5 Å². The second-order valence-electron chi connectivity index (χ2n) is 5.69. The molecule has 0 fully saturated rings. The topological polar surface area (TPSA) is 54.4 Å². The smallest absolute Gasteiger partial charge is 0.267 e. The minimum Gasteiger partial charge on any atom is -0.267 e. The number of unbranched alkanes of at least 4 members (excludes halogenated alkanes) is 2. The van der Waals surface area contributed by atoms with Crippen molar-refractivity contribution in [3.8, 4) is 11.8 Å². The van der Waals surface area contributed by atoms with Gasteiger partial charge in [-0.3, -0.25) is 9.78 Å². The molecule has 1 N–H and O–H groups in total. The molecule has 0 saturated carbocycles. The van der Waals surface area contributed by atoms with E-state index in [4.69, 9.17) is 0 Å². The fraction of sp³-hybridized carbons (Fsp3) is 0.250. The van der Waals surface area contributed by atoms with Crippen LogP contribution in [0.2, 0.25) is 0 Å². The quantitative estimate of drug-likeness (QED) is 0.365. The maximum absolute atomic E-state index is 12.5. The number of hydrogen-bond acceptors (Lipinski definition) is 3. The molecule has 2 rings (SSSR count). The minimum absolute atomic E-state index is 0.293. The van der Waals surface area contributed by atoms with Crippen molar-refractivity contribution in [1.29, 1.82) is 0 Å². The fourth-order valence-corrected chi connectivity index (χ4v) is 2.05. The first-order chi connectivity index (χ1) is 12.9. The van der Waals surface area contributed by atoms with Gasteiger partial charge in [0.2, 0.25) is 0 Å². The molecule has 0 unspecified atom stereocenters. The van der Waals surface area contributed by atoms with Gasteiger partial charge in [0.05, 0.1) is 17.3 Å². The summed E-state index contributed by atoms with van der Waals surface area (Å²) in [4.78, 5) is 16.1. The lowest BCUT2D eigenvalue weighted by Gasteiger charge is -2.05. The van der Waals surface area contributed by atoms with Gasteiger partial charge in [-0.2, -0.15) is 18.3 Å². The van der Waals surface area contributed by atoms with E-state index >= 15 is 0 Å². The van der Waals surface area contributed by atoms with Gasteiger partial charge in [-0.1, -0.05) is 37.3 Å². The predicted molar refractivity (Wildman–Crippen MR) is 97.1 cm³/mol. The van der Waals surface area contributed by atoms with Gasteiger partial charge in [-0.25, -0.2) is 5.43 Å². The number of nitrogens with one attached hydrogen (secondary N) is 1. The number of carbonyl (C=O) groups is 1. The van der Waals surface area contributed by atoms with E-state index < -0.39 is 17.6 Å². The molecule has 0 aliphatic heterocycles. The number of nitrogens with zero attached hydrogens (tertiary/aromatic N) is 2. The van der Waals surface area contributed by atoms with Crippen LogP contribution in [0.25, 0.3) is 0 Å². The van der Waals surface area contributed by atoms with Gasteiger partial charge in [0, 0.05) is 24.4 Å². The van der Waals surface area contributed by atoms with Gasteiger partial charge >= 0.3 is 6.18 Å². The number of hydrogen-bond donors (Lipinski definition) is 1. The van der Waals surface area contributed by atoms with Gasteiger partial charge in [0.15, 0.2) is 0 Å². The van der Waals surface area contributed by atoms with Gasteiger partial charge < -0.3 is 0 Å². The molecule has 1 heterocycles. The Hall–Kier alpha value is -3.14. The summed E-state index contributed by atoms with van der Waals surface area (Å²) in [6.07, 6.45) is 2.69. The molecule has 1 amide bonds. The van der Waals surface area contributed by atoms with Crippen LogP contribution in [0.4, 0.5) is 13.2 Å². The number of pyridine rings is 1. The molecule has 0 spiro atoms. The van der Waals surface area contributed by atoms with E-state index in [0.29, 0.717) is 16.7 Å². The van der Waals surface area contributed by atoms with Crippen LogP contribution in [0.1, 0.15) is 53.2 Å². The summed E-state index contributed by atoms with van der Waals surface area (Å²) in [5.41, 5.74) is 2.92. The molecule has 0 radical (unpaired) electrons. The van der Waals surface area contributed by atoms with Gasteiger partial charge in [0.1, 0.15) is 0 Å². The highest BCUT2D eigenvalue weighted by Gasteiger charge is 2.29. The van der Waals surface area contributed by atoms with Crippen molar-refractivity contribution in [3.63, 3.8) is 0 Å². The largest absolute Gasteiger partial charge is 0.416 e. The third kappa shape index (κ3) is 6.59. The highest BCUT2D eigenvalue weighted by molar-refractivity contribution is 5.94. The number of rotatable bonds is 5. The summed E-state index contributed by atoms with van der Waals surface area (Å²) in [7, 11) is 0. The zero-order valence-electron chi connectivity index (χ0n) is 14.7. The summed E-state index contributed by atoms with van der Waals surface area (Å²) in [5.74, 6) is 5.48. The Morgan fingerprint density at radius 3 is 2.67 bits per heavy atom. The van der Waals surface area contributed by atoms with Crippen molar-refractivity contribution in [3.05, 3.63) is 65.0 Å².